The van der Waals surface area contributed by atoms with Crippen molar-refractivity contribution in [3.8, 4) is 5.88 Å². The number of hydrogen-bond acceptors (Lipinski definition) is 3. The number of nitrogen functional groups attached to an aromatic ring is 1. The third-order valence-corrected chi connectivity index (χ3v) is 3.34. The van der Waals surface area contributed by atoms with E-state index in [1.807, 2.05) is 0 Å². The summed E-state index contributed by atoms with van der Waals surface area (Å²) in [6, 6.07) is 1.68. The fourth-order valence-electron chi connectivity index (χ4n) is 2.03. The van der Waals surface area contributed by atoms with Crippen LogP contribution in [0.4, 0.5) is 5.69 Å². The molecule has 0 atom stereocenters. The molecule has 1 aromatic rings. The molecular formula is C12H17ClN2O. The third-order valence-electron chi connectivity index (χ3n) is 3.07. The molecule has 1 aliphatic carbocycles. The van der Waals surface area contributed by atoms with Crippen LogP contribution in [0.5, 0.6) is 5.88 Å². The minimum atomic E-state index is 0.254. The Labute approximate surface area is 101 Å². The van der Waals surface area contributed by atoms with E-state index in [0.717, 1.165) is 18.8 Å². The third kappa shape index (κ3) is 2.79. The SMILES string of the molecule is CC1CCC(Oc2ncc(N)cc2Cl)CC1. The Morgan fingerprint density at radius 1 is 1.38 bits per heavy atom. The normalized spacial score (nSPS) is 25.4. The van der Waals surface area contributed by atoms with Crippen molar-refractivity contribution in [2.45, 2.75) is 38.7 Å². The molecule has 1 saturated carbocycles. The van der Waals surface area contributed by atoms with Crippen LogP contribution in [0.25, 0.3) is 0 Å². The van der Waals surface area contributed by atoms with Gasteiger partial charge in [-0.1, -0.05) is 18.5 Å². The molecule has 0 aliphatic heterocycles. The van der Waals surface area contributed by atoms with E-state index in [4.69, 9.17) is 22.1 Å². The lowest BCUT2D eigenvalue weighted by molar-refractivity contribution is 0.130. The van der Waals surface area contributed by atoms with Crippen LogP contribution in [0.3, 0.4) is 0 Å². The molecule has 1 heterocycles. The Kier molecular flexibility index (Phi) is 3.54. The van der Waals surface area contributed by atoms with Crippen LogP contribution in [-0.2, 0) is 0 Å². The molecule has 2 rings (SSSR count). The van der Waals surface area contributed by atoms with Crippen molar-refractivity contribution in [2.75, 3.05) is 5.73 Å². The molecule has 3 nitrogen and oxygen atoms in total. The average Bonchev–Trinajstić information content (AvgIpc) is 2.25. The topological polar surface area (TPSA) is 48.1 Å². The fraction of sp³-hybridized carbons (Fsp3) is 0.583. The number of aromatic nitrogens is 1. The second-order valence-corrected chi connectivity index (χ2v) is 4.96. The lowest BCUT2D eigenvalue weighted by atomic mass is 9.89. The van der Waals surface area contributed by atoms with Crippen molar-refractivity contribution >= 4 is 17.3 Å². The summed E-state index contributed by atoms with van der Waals surface area (Å²) in [5.74, 6) is 1.32. The molecule has 0 aromatic carbocycles. The van der Waals surface area contributed by atoms with Gasteiger partial charge < -0.3 is 10.5 Å². The first kappa shape index (κ1) is 11.5. The lowest BCUT2D eigenvalue weighted by Gasteiger charge is -2.26. The van der Waals surface area contributed by atoms with Gasteiger partial charge in [-0.25, -0.2) is 4.98 Å². The van der Waals surface area contributed by atoms with Gasteiger partial charge in [-0.15, -0.1) is 0 Å². The van der Waals surface area contributed by atoms with E-state index in [1.165, 1.54) is 12.8 Å². The minimum absolute atomic E-state index is 0.254. The highest BCUT2D eigenvalue weighted by atomic mass is 35.5. The molecule has 0 radical (unpaired) electrons. The van der Waals surface area contributed by atoms with E-state index in [1.54, 1.807) is 12.3 Å². The second-order valence-electron chi connectivity index (χ2n) is 4.56. The summed E-state index contributed by atoms with van der Waals surface area (Å²) in [6.07, 6.45) is 6.44. The smallest absolute Gasteiger partial charge is 0.232 e. The number of hydrogen-bond donors (Lipinski definition) is 1. The van der Waals surface area contributed by atoms with Gasteiger partial charge in [0.05, 0.1) is 11.9 Å². The van der Waals surface area contributed by atoms with Crippen LogP contribution in [-0.4, -0.2) is 11.1 Å². The van der Waals surface area contributed by atoms with Crippen molar-refractivity contribution in [1.29, 1.82) is 0 Å². The molecule has 1 aromatic heterocycles. The Balaban J connectivity index is 1.98. The van der Waals surface area contributed by atoms with Crippen molar-refractivity contribution < 1.29 is 4.74 Å². The van der Waals surface area contributed by atoms with Crippen LogP contribution in [0.15, 0.2) is 12.3 Å². The maximum Gasteiger partial charge on any atom is 0.232 e. The standard InChI is InChI=1S/C12H17ClN2O/c1-8-2-4-10(5-3-8)16-12-11(13)6-9(14)7-15-12/h6-8,10H,2-5,14H2,1H3. The number of pyridine rings is 1. The molecule has 0 amide bonds. The molecular weight excluding hydrogens is 224 g/mol. The first-order valence-electron chi connectivity index (χ1n) is 5.73. The average molecular weight is 241 g/mol. The van der Waals surface area contributed by atoms with E-state index in [0.29, 0.717) is 16.6 Å². The molecule has 1 fully saturated rings. The maximum absolute atomic E-state index is 6.01. The highest BCUT2D eigenvalue weighted by Gasteiger charge is 2.20. The molecule has 1 aliphatic rings. The van der Waals surface area contributed by atoms with Crippen LogP contribution < -0.4 is 10.5 Å². The second kappa shape index (κ2) is 4.91. The quantitative estimate of drug-likeness (QED) is 0.863. The summed E-state index contributed by atoms with van der Waals surface area (Å²) >= 11 is 6.01. The first-order valence-corrected chi connectivity index (χ1v) is 6.10. The Bertz CT molecular complexity index is 362. The number of anilines is 1. The predicted octanol–water partition coefficient (Wildman–Crippen LogP) is 3.27. The summed E-state index contributed by atoms with van der Waals surface area (Å²) < 4.78 is 5.79. The first-order chi connectivity index (χ1) is 7.65. The highest BCUT2D eigenvalue weighted by Crippen LogP contribution is 2.30. The monoisotopic (exact) mass is 240 g/mol. The number of nitrogens with two attached hydrogens (primary N) is 1. The van der Waals surface area contributed by atoms with Gasteiger partial charge in [-0.05, 0) is 37.7 Å². The zero-order chi connectivity index (χ0) is 11.5. The zero-order valence-corrected chi connectivity index (χ0v) is 10.2. The van der Waals surface area contributed by atoms with E-state index >= 15 is 0 Å². The van der Waals surface area contributed by atoms with Gasteiger partial charge in [-0.2, -0.15) is 0 Å². The molecule has 2 N–H and O–H groups in total. The summed E-state index contributed by atoms with van der Waals surface area (Å²) in [5, 5.41) is 0.499. The molecule has 4 heteroatoms. The van der Waals surface area contributed by atoms with Gasteiger partial charge in [0.2, 0.25) is 5.88 Å². The number of nitrogens with zero attached hydrogens (tertiary/aromatic N) is 1. The molecule has 88 valence electrons. The van der Waals surface area contributed by atoms with Crippen LogP contribution in [0.2, 0.25) is 5.02 Å². The molecule has 16 heavy (non-hydrogen) atoms. The van der Waals surface area contributed by atoms with Crippen LogP contribution in [0.1, 0.15) is 32.6 Å². The molecule has 0 saturated heterocycles. The van der Waals surface area contributed by atoms with Crippen molar-refractivity contribution in [1.82, 2.24) is 4.98 Å². The molecule has 0 bridgehead atoms. The lowest BCUT2D eigenvalue weighted by Crippen LogP contribution is -2.23. The van der Waals surface area contributed by atoms with Crippen LogP contribution in [0, 0.1) is 5.92 Å². The van der Waals surface area contributed by atoms with Gasteiger partial charge in [0.25, 0.3) is 0 Å². The Hall–Kier alpha value is -0.960. The van der Waals surface area contributed by atoms with Crippen molar-refractivity contribution in [3.63, 3.8) is 0 Å². The summed E-state index contributed by atoms with van der Waals surface area (Å²) in [4.78, 5) is 4.11. The van der Waals surface area contributed by atoms with Crippen molar-refractivity contribution in [2.24, 2.45) is 5.92 Å². The Morgan fingerprint density at radius 3 is 2.69 bits per heavy atom. The summed E-state index contributed by atoms with van der Waals surface area (Å²) in [5.41, 5.74) is 6.14. The van der Waals surface area contributed by atoms with Gasteiger partial charge in [0, 0.05) is 0 Å². The predicted molar refractivity (Wildman–Crippen MR) is 65.7 cm³/mol. The summed E-state index contributed by atoms with van der Waals surface area (Å²) in [7, 11) is 0. The van der Waals surface area contributed by atoms with E-state index in [9.17, 15) is 0 Å². The largest absolute Gasteiger partial charge is 0.473 e. The van der Waals surface area contributed by atoms with Crippen molar-refractivity contribution in [3.05, 3.63) is 17.3 Å². The number of halogens is 1. The highest BCUT2D eigenvalue weighted by molar-refractivity contribution is 6.32. The van der Waals surface area contributed by atoms with Gasteiger partial charge >= 0.3 is 0 Å². The van der Waals surface area contributed by atoms with Crippen LogP contribution >= 0.6 is 11.6 Å². The van der Waals surface area contributed by atoms with E-state index in [-0.39, 0.29) is 6.10 Å². The summed E-state index contributed by atoms with van der Waals surface area (Å²) in [6.45, 7) is 2.28. The number of rotatable bonds is 2. The minimum Gasteiger partial charge on any atom is -0.473 e. The molecule has 0 spiro atoms. The van der Waals surface area contributed by atoms with E-state index < -0.39 is 0 Å². The zero-order valence-electron chi connectivity index (χ0n) is 9.45. The van der Waals surface area contributed by atoms with Gasteiger partial charge in [0.15, 0.2) is 0 Å². The van der Waals surface area contributed by atoms with Gasteiger partial charge in [0.1, 0.15) is 11.1 Å². The van der Waals surface area contributed by atoms with E-state index in [2.05, 4.69) is 11.9 Å². The number of ether oxygens (including phenoxy) is 1. The fourth-order valence-corrected chi connectivity index (χ4v) is 2.25. The Morgan fingerprint density at radius 2 is 2.06 bits per heavy atom. The molecule has 0 unspecified atom stereocenters. The van der Waals surface area contributed by atoms with Gasteiger partial charge in [-0.3, -0.25) is 0 Å². The maximum atomic E-state index is 6.01.